The lowest BCUT2D eigenvalue weighted by Gasteiger charge is -2.10. The number of ether oxygens (including phenoxy) is 2. The molecule has 0 aliphatic heterocycles. The minimum atomic E-state index is -0.571. The first-order valence-corrected chi connectivity index (χ1v) is 11.1. The minimum absolute atomic E-state index is 0.106. The van der Waals surface area contributed by atoms with Crippen LogP contribution in [0.1, 0.15) is 22.2 Å². The molecule has 1 amide bonds. The lowest BCUT2D eigenvalue weighted by atomic mass is 10.0. The molecule has 0 atom stereocenters. The summed E-state index contributed by atoms with van der Waals surface area (Å²) in [6.45, 7) is 1.43. The summed E-state index contributed by atoms with van der Waals surface area (Å²) in [7, 11) is 0. The molecule has 30 heavy (non-hydrogen) atoms. The molecule has 0 aliphatic carbocycles. The predicted octanol–water partition coefficient (Wildman–Crippen LogP) is 5.03. The molecule has 2 aromatic heterocycles. The van der Waals surface area contributed by atoms with Crippen molar-refractivity contribution in [1.29, 1.82) is 0 Å². The van der Waals surface area contributed by atoms with Gasteiger partial charge in [0.05, 0.1) is 13.0 Å². The Hall–Kier alpha value is -2.68. The van der Waals surface area contributed by atoms with Gasteiger partial charge in [-0.3, -0.25) is 9.59 Å². The van der Waals surface area contributed by atoms with Crippen molar-refractivity contribution in [3.63, 3.8) is 0 Å². The first-order valence-electron chi connectivity index (χ1n) is 9.01. The monoisotopic (exact) mass is 463 g/mol. The highest BCUT2D eigenvalue weighted by atomic mass is 35.5. The van der Waals surface area contributed by atoms with Crippen LogP contribution >= 0.6 is 34.3 Å². The highest BCUT2D eigenvalue weighted by Gasteiger charge is 2.24. The van der Waals surface area contributed by atoms with Gasteiger partial charge in [-0.05, 0) is 24.4 Å². The second-order valence-electron chi connectivity index (χ2n) is 6.02. The standard InChI is InChI=1S/C21H18ClNO5S2/c1-2-27-21(26)19-15(14-7-3-4-8-16(14)22)12-30-20(19)23-17(24)11-28-18(25)10-13-6-5-9-29-13/h3-9,12H,2,10-11H2,1H3,(H,23,24). The molecule has 0 fully saturated rings. The van der Waals surface area contributed by atoms with Crippen molar-refractivity contribution < 1.29 is 23.9 Å². The molecule has 2 heterocycles. The van der Waals surface area contributed by atoms with Crippen molar-refractivity contribution >= 4 is 57.1 Å². The van der Waals surface area contributed by atoms with E-state index < -0.39 is 24.5 Å². The van der Waals surface area contributed by atoms with Gasteiger partial charge in [0.2, 0.25) is 0 Å². The van der Waals surface area contributed by atoms with Crippen LogP contribution in [0.4, 0.5) is 5.00 Å². The molecule has 0 saturated carbocycles. The van der Waals surface area contributed by atoms with Crippen LogP contribution in [0.5, 0.6) is 0 Å². The van der Waals surface area contributed by atoms with Crippen molar-refractivity contribution in [2.75, 3.05) is 18.5 Å². The number of nitrogens with one attached hydrogen (secondary N) is 1. The van der Waals surface area contributed by atoms with Gasteiger partial charge >= 0.3 is 11.9 Å². The van der Waals surface area contributed by atoms with Crippen LogP contribution in [0.15, 0.2) is 47.2 Å². The second-order valence-corrected chi connectivity index (χ2v) is 8.34. The van der Waals surface area contributed by atoms with Crippen molar-refractivity contribution in [3.8, 4) is 11.1 Å². The largest absolute Gasteiger partial charge is 0.462 e. The Morgan fingerprint density at radius 3 is 2.53 bits per heavy atom. The molecule has 0 aliphatic rings. The Morgan fingerprint density at radius 2 is 1.83 bits per heavy atom. The zero-order valence-electron chi connectivity index (χ0n) is 16.0. The van der Waals surface area contributed by atoms with Gasteiger partial charge in [-0.25, -0.2) is 4.79 Å². The van der Waals surface area contributed by atoms with E-state index in [0.717, 1.165) is 4.88 Å². The SMILES string of the molecule is CCOC(=O)c1c(-c2ccccc2Cl)csc1NC(=O)COC(=O)Cc1cccs1. The molecule has 3 rings (SSSR count). The fraction of sp³-hybridized carbons (Fsp3) is 0.190. The summed E-state index contributed by atoms with van der Waals surface area (Å²) in [5, 5.41) is 7.00. The Balaban J connectivity index is 1.73. The summed E-state index contributed by atoms with van der Waals surface area (Å²) in [6, 6.07) is 10.7. The Morgan fingerprint density at radius 1 is 1.03 bits per heavy atom. The number of halogens is 1. The van der Waals surface area contributed by atoms with Crippen molar-refractivity contribution in [3.05, 3.63) is 62.6 Å². The molecule has 1 N–H and O–H groups in total. The molecule has 0 unspecified atom stereocenters. The van der Waals surface area contributed by atoms with Gasteiger partial charge in [0.25, 0.3) is 5.91 Å². The van der Waals surface area contributed by atoms with Crippen LogP contribution in [-0.2, 0) is 25.5 Å². The predicted molar refractivity (Wildman–Crippen MR) is 118 cm³/mol. The summed E-state index contributed by atoms with van der Waals surface area (Å²) in [6.07, 6.45) is 0.106. The zero-order valence-corrected chi connectivity index (χ0v) is 18.4. The average Bonchev–Trinajstić information content (AvgIpc) is 3.37. The van der Waals surface area contributed by atoms with E-state index in [-0.39, 0.29) is 18.6 Å². The smallest absolute Gasteiger partial charge is 0.341 e. The maximum Gasteiger partial charge on any atom is 0.341 e. The van der Waals surface area contributed by atoms with E-state index in [1.165, 1.54) is 22.7 Å². The summed E-state index contributed by atoms with van der Waals surface area (Å²) >= 11 is 8.89. The van der Waals surface area contributed by atoms with Crippen LogP contribution in [-0.4, -0.2) is 31.1 Å². The van der Waals surface area contributed by atoms with Crippen LogP contribution < -0.4 is 5.32 Å². The zero-order chi connectivity index (χ0) is 21.5. The molecule has 0 saturated heterocycles. The molecule has 9 heteroatoms. The Labute approximate surface area is 186 Å². The van der Waals surface area contributed by atoms with Gasteiger partial charge in [-0.15, -0.1) is 22.7 Å². The Bertz CT molecular complexity index is 1050. The maximum atomic E-state index is 12.6. The van der Waals surface area contributed by atoms with Crippen molar-refractivity contribution in [2.45, 2.75) is 13.3 Å². The number of thiophene rings is 2. The van der Waals surface area contributed by atoms with Crippen LogP contribution in [0, 0.1) is 0 Å². The maximum absolute atomic E-state index is 12.6. The molecule has 1 aromatic carbocycles. The number of rotatable bonds is 8. The summed E-state index contributed by atoms with van der Waals surface area (Å²) in [5.74, 6) is -1.62. The normalized spacial score (nSPS) is 10.5. The number of esters is 2. The van der Waals surface area contributed by atoms with Crippen molar-refractivity contribution in [1.82, 2.24) is 0 Å². The van der Waals surface area contributed by atoms with Gasteiger partial charge in [0, 0.05) is 26.4 Å². The molecular formula is C21H18ClNO5S2. The molecule has 156 valence electrons. The number of anilines is 1. The quantitative estimate of drug-likeness (QED) is 0.474. The first-order chi connectivity index (χ1) is 14.5. The van der Waals surface area contributed by atoms with E-state index in [9.17, 15) is 14.4 Å². The molecule has 0 bridgehead atoms. The molecule has 6 nitrogen and oxygen atoms in total. The van der Waals surface area contributed by atoms with E-state index in [4.69, 9.17) is 21.1 Å². The third kappa shape index (κ3) is 5.47. The summed E-state index contributed by atoms with van der Waals surface area (Å²) in [5.41, 5.74) is 1.43. The molecular weight excluding hydrogens is 446 g/mol. The number of carbonyl (C=O) groups is 3. The lowest BCUT2D eigenvalue weighted by molar-refractivity contribution is -0.146. The fourth-order valence-electron chi connectivity index (χ4n) is 2.65. The fourth-order valence-corrected chi connectivity index (χ4v) is 4.54. The number of carbonyl (C=O) groups excluding carboxylic acids is 3. The van der Waals surface area contributed by atoms with E-state index in [2.05, 4.69) is 5.32 Å². The van der Waals surface area contributed by atoms with E-state index >= 15 is 0 Å². The van der Waals surface area contributed by atoms with Gasteiger partial charge in [0.1, 0.15) is 10.6 Å². The summed E-state index contributed by atoms with van der Waals surface area (Å²) in [4.78, 5) is 37.6. The highest BCUT2D eigenvalue weighted by molar-refractivity contribution is 7.15. The van der Waals surface area contributed by atoms with Gasteiger partial charge < -0.3 is 14.8 Å². The van der Waals surface area contributed by atoms with E-state index in [0.29, 0.717) is 21.2 Å². The van der Waals surface area contributed by atoms with Crippen molar-refractivity contribution in [2.24, 2.45) is 0 Å². The second kappa shape index (κ2) is 10.4. The van der Waals surface area contributed by atoms with Gasteiger partial charge in [-0.2, -0.15) is 0 Å². The number of amides is 1. The topological polar surface area (TPSA) is 81.7 Å². The number of benzene rings is 1. The van der Waals surface area contributed by atoms with Gasteiger partial charge in [-0.1, -0.05) is 35.9 Å². The van der Waals surface area contributed by atoms with Gasteiger partial charge in [0.15, 0.2) is 6.61 Å². The highest BCUT2D eigenvalue weighted by Crippen LogP contribution is 2.39. The average molecular weight is 464 g/mol. The molecule has 3 aromatic rings. The van der Waals surface area contributed by atoms with Crippen LogP contribution in [0.25, 0.3) is 11.1 Å². The molecule has 0 radical (unpaired) electrons. The molecule has 0 spiro atoms. The summed E-state index contributed by atoms with van der Waals surface area (Å²) < 4.78 is 10.2. The van der Waals surface area contributed by atoms with Crippen LogP contribution in [0.3, 0.4) is 0 Å². The third-order valence-electron chi connectivity index (χ3n) is 3.95. The van der Waals surface area contributed by atoms with E-state index in [1.54, 1.807) is 36.6 Å². The van der Waals surface area contributed by atoms with E-state index in [1.807, 2.05) is 17.5 Å². The Kier molecular flexibility index (Phi) is 7.62. The minimum Gasteiger partial charge on any atom is -0.462 e. The third-order valence-corrected chi connectivity index (χ3v) is 6.05. The first kappa shape index (κ1) is 22.0. The number of hydrogen-bond donors (Lipinski definition) is 1. The van der Waals surface area contributed by atoms with Crippen LogP contribution in [0.2, 0.25) is 5.02 Å². The lowest BCUT2D eigenvalue weighted by Crippen LogP contribution is -2.22. The number of hydrogen-bond acceptors (Lipinski definition) is 7.